The molecule has 17 heavy (non-hydrogen) atoms. The van der Waals surface area contributed by atoms with E-state index in [1.165, 1.54) is 4.90 Å². The molecule has 0 unspecified atom stereocenters. The van der Waals surface area contributed by atoms with Gasteiger partial charge in [0.2, 0.25) is 0 Å². The maximum Gasteiger partial charge on any atom is 0.329 e. The molecule has 0 saturated heterocycles. The summed E-state index contributed by atoms with van der Waals surface area (Å²) >= 11 is 0. The van der Waals surface area contributed by atoms with Crippen molar-refractivity contribution in [2.75, 3.05) is 13.1 Å². The Morgan fingerprint density at radius 2 is 2.18 bits per heavy atom. The van der Waals surface area contributed by atoms with Crippen LogP contribution in [0.1, 0.15) is 32.6 Å². The third-order valence-corrected chi connectivity index (χ3v) is 3.13. The highest BCUT2D eigenvalue weighted by Gasteiger charge is 2.46. The van der Waals surface area contributed by atoms with Crippen LogP contribution in [0.25, 0.3) is 0 Å². The molecule has 1 aliphatic carbocycles. The maximum atomic E-state index is 11.8. The van der Waals surface area contributed by atoms with Gasteiger partial charge in [-0.3, -0.25) is 0 Å². The zero-order chi connectivity index (χ0) is 12.9. The van der Waals surface area contributed by atoms with E-state index < -0.39 is 17.5 Å². The number of amides is 2. The molecule has 2 amide bonds. The summed E-state index contributed by atoms with van der Waals surface area (Å²) in [6.45, 7) is 2.59. The monoisotopic (exact) mass is 239 g/mol. The van der Waals surface area contributed by atoms with Crippen LogP contribution in [-0.4, -0.2) is 40.6 Å². The highest BCUT2D eigenvalue weighted by molar-refractivity contribution is 5.87. The number of hydrogen-bond acceptors (Lipinski definition) is 3. The Labute approximate surface area is 100 Å². The van der Waals surface area contributed by atoms with Crippen LogP contribution in [0.3, 0.4) is 0 Å². The Kier molecular flexibility index (Phi) is 4.32. The van der Waals surface area contributed by atoms with Crippen LogP contribution in [-0.2, 0) is 4.79 Å². The van der Waals surface area contributed by atoms with Gasteiger partial charge in [0.25, 0.3) is 0 Å². The molecule has 0 atom stereocenters. The minimum absolute atomic E-state index is 0.251. The second kappa shape index (κ2) is 5.53. The molecule has 0 aromatic rings. The van der Waals surface area contributed by atoms with Gasteiger partial charge in [-0.15, -0.1) is 0 Å². The quantitative estimate of drug-likeness (QED) is 0.746. The summed E-state index contributed by atoms with van der Waals surface area (Å²) in [6.07, 6.45) is 2.02. The van der Waals surface area contributed by atoms with E-state index in [1.807, 2.05) is 6.07 Å². The Balaban J connectivity index is 2.57. The van der Waals surface area contributed by atoms with Crippen molar-refractivity contribution < 1.29 is 14.7 Å². The van der Waals surface area contributed by atoms with Crippen LogP contribution >= 0.6 is 0 Å². The van der Waals surface area contributed by atoms with E-state index in [9.17, 15) is 9.59 Å². The summed E-state index contributed by atoms with van der Waals surface area (Å²) in [4.78, 5) is 24.4. The normalized spacial score (nSPS) is 16.5. The van der Waals surface area contributed by atoms with Gasteiger partial charge in [-0.1, -0.05) is 0 Å². The molecule has 2 N–H and O–H groups in total. The molecular formula is C11H17N3O3. The average Bonchev–Trinajstić information content (AvgIpc) is 2.24. The molecule has 0 aromatic heterocycles. The summed E-state index contributed by atoms with van der Waals surface area (Å²) in [6, 6.07) is 1.56. The molecule has 94 valence electrons. The van der Waals surface area contributed by atoms with Gasteiger partial charge >= 0.3 is 12.0 Å². The van der Waals surface area contributed by atoms with Crippen molar-refractivity contribution >= 4 is 12.0 Å². The number of carboxylic acid groups (broad SMARTS) is 1. The lowest BCUT2D eigenvalue weighted by molar-refractivity contribution is -0.148. The number of nitrogens with zero attached hydrogens (tertiary/aromatic N) is 2. The highest BCUT2D eigenvalue weighted by Crippen LogP contribution is 2.32. The predicted octanol–water partition coefficient (Wildman–Crippen LogP) is 0.939. The van der Waals surface area contributed by atoms with Crippen LogP contribution in [0, 0.1) is 11.3 Å². The van der Waals surface area contributed by atoms with E-state index >= 15 is 0 Å². The number of hydrogen-bond donors (Lipinski definition) is 2. The third kappa shape index (κ3) is 2.87. The van der Waals surface area contributed by atoms with Crippen LogP contribution in [0.15, 0.2) is 0 Å². The van der Waals surface area contributed by atoms with Crippen molar-refractivity contribution in [2.45, 2.75) is 38.1 Å². The van der Waals surface area contributed by atoms with E-state index in [4.69, 9.17) is 10.4 Å². The first kappa shape index (κ1) is 13.3. The number of nitrogens with one attached hydrogen (secondary N) is 1. The van der Waals surface area contributed by atoms with Crippen molar-refractivity contribution in [3.8, 4) is 6.07 Å². The van der Waals surface area contributed by atoms with E-state index in [0.717, 1.165) is 6.42 Å². The molecule has 0 aromatic carbocycles. The number of nitriles is 1. The van der Waals surface area contributed by atoms with Crippen LogP contribution in [0.5, 0.6) is 0 Å². The van der Waals surface area contributed by atoms with Crippen molar-refractivity contribution in [1.82, 2.24) is 10.2 Å². The zero-order valence-electron chi connectivity index (χ0n) is 9.90. The van der Waals surface area contributed by atoms with E-state index in [0.29, 0.717) is 25.9 Å². The van der Waals surface area contributed by atoms with Gasteiger partial charge in [-0.2, -0.15) is 5.26 Å². The summed E-state index contributed by atoms with van der Waals surface area (Å²) < 4.78 is 0. The summed E-state index contributed by atoms with van der Waals surface area (Å²) in [5.74, 6) is -0.978. The fraction of sp³-hybridized carbons (Fsp3) is 0.727. The van der Waals surface area contributed by atoms with E-state index in [-0.39, 0.29) is 6.42 Å². The summed E-state index contributed by atoms with van der Waals surface area (Å²) in [5, 5.41) is 20.1. The topological polar surface area (TPSA) is 93.4 Å². The minimum Gasteiger partial charge on any atom is -0.480 e. The highest BCUT2D eigenvalue weighted by atomic mass is 16.4. The van der Waals surface area contributed by atoms with Gasteiger partial charge in [-0.25, -0.2) is 9.59 Å². The van der Waals surface area contributed by atoms with Gasteiger partial charge < -0.3 is 15.3 Å². The first-order valence-corrected chi connectivity index (χ1v) is 5.73. The van der Waals surface area contributed by atoms with Crippen LogP contribution in [0.4, 0.5) is 4.79 Å². The largest absolute Gasteiger partial charge is 0.480 e. The minimum atomic E-state index is -1.09. The number of carboxylic acids is 1. The smallest absolute Gasteiger partial charge is 0.329 e. The van der Waals surface area contributed by atoms with Crippen molar-refractivity contribution in [2.24, 2.45) is 0 Å². The molecular weight excluding hydrogens is 222 g/mol. The van der Waals surface area contributed by atoms with Crippen molar-refractivity contribution in [3.05, 3.63) is 0 Å². The predicted molar refractivity (Wildman–Crippen MR) is 60.2 cm³/mol. The number of aliphatic carboxylic acids is 1. The first-order chi connectivity index (χ1) is 8.05. The molecule has 0 heterocycles. The maximum absolute atomic E-state index is 11.8. The van der Waals surface area contributed by atoms with Gasteiger partial charge in [0, 0.05) is 13.1 Å². The molecule has 0 aliphatic heterocycles. The lowest BCUT2D eigenvalue weighted by Gasteiger charge is -2.39. The first-order valence-electron chi connectivity index (χ1n) is 5.73. The molecule has 1 aliphatic rings. The summed E-state index contributed by atoms with van der Waals surface area (Å²) in [7, 11) is 0. The van der Waals surface area contributed by atoms with Gasteiger partial charge in [0.1, 0.15) is 5.54 Å². The number of urea groups is 1. The molecule has 1 fully saturated rings. The molecule has 6 nitrogen and oxygen atoms in total. The lowest BCUT2D eigenvalue weighted by Crippen LogP contribution is -2.61. The molecule has 0 bridgehead atoms. The average molecular weight is 239 g/mol. The molecule has 6 heteroatoms. The van der Waals surface area contributed by atoms with Crippen LogP contribution < -0.4 is 5.32 Å². The second-order valence-corrected chi connectivity index (χ2v) is 4.16. The van der Waals surface area contributed by atoms with Gasteiger partial charge in [0.15, 0.2) is 0 Å². The van der Waals surface area contributed by atoms with Crippen molar-refractivity contribution in [3.63, 3.8) is 0 Å². The van der Waals surface area contributed by atoms with E-state index in [2.05, 4.69) is 5.32 Å². The zero-order valence-corrected chi connectivity index (χ0v) is 9.90. The lowest BCUT2D eigenvalue weighted by atomic mass is 9.77. The summed E-state index contributed by atoms with van der Waals surface area (Å²) in [5.41, 5.74) is -1.09. The van der Waals surface area contributed by atoms with Crippen LogP contribution in [0.2, 0.25) is 0 Å². The fourth-order valence-corrected chi connectivity index (χ4v) is 1.79. The number of rotatable bonds is 5. The van der Waals surface area contributed by atoms with Crippen molar-refractivity contribution in [1.29, 1.82) is 5.26 Å². The Morgan fingerprint density at radius 1 is 1.53 bits per heavy atom. The Morgan fingerprint density at radius 3 is 2.53 bits per heavy atom. The Hall–Kier alpha value is -1.77. The SMILES string of the molecule is CCN(CCC#N)C(=O)NC1(C(=O)O)CCC1. The molecule has 1 rings (SSSR count). The third-order valence-electron chi connectivity index (χ3n) is 3.13. The Bertz CT molecular complexity index is 344. The standard InChI is InChI=1S/C11H17N3O3/c1-2-14(8-4-7-12)10(17)13-11(9(15)16)5-3-6-11/h2-6,8H2,1H3,(H,13,17)(H,15,16). The van der Waals surface area contributed by atoms with Gasteiger partial charge in [0.05, 0.1) is 12.5 Å². The molecule has 1 saturated carbocycles. The molecule has 0 spiro atoms. The van der Waals surface area contributed by atoms with E-state index in [1.54, 1.807) is 6.92 Å². The second-order valence-electron chi connectivity index (χ2n) is 4.16. The number of carbonyl (C=O) groups is 2. The van der Waals surface area contributed by atoms with Gasteiger partial charge in [-0.05, 0) is 26.2 Å². The fourth-order valence-electron chi connectivity index (χ4n) is 1.79. The molecule has 0 radical (unpaired) electrons. The number of carbonyl (C=O) groups excluding carboxylic acids is 1.